The summed E-state index contributed by atoms with van der Waals surface area (Å²) in [7, 11) is 2.20. The van der Waals surface area contributed by atoms with Crippen molar-refractivity contribution >= 4 is 22.9 Å². The lowest BCUT2D eigenvalue weighted by atomic mass is 9.98. The fourth-order valence-electron chi connectivity index (χ4n) is 3.00. The summed E-state index contributed by atoms with van der Waals surface area (Å²) in [6.45, 7) is 3.40. The van der Waals surface area contributed by atoms with Gasteiger partial charge in [0.15, 0.2) is 0 Å². The Hall–Kier alpha value is -0.810. The number of hydrogen-bond donors (Lipinski definition) is 1. The summed E-state index contributed by atoms with van der Waals surface area (Å²) >= 11 is 7.70. The molecule has 3 heterocycles. The Morgan fingerprint density at radius 1 is 1.48 bits per heavy atom. The predicted molar refractivity (Wildman–Crippen MR) is 88.1 cm³/mol. The number of furan rings is 1. The first kappa shape index (κ1) is 15.1. The molecule has 2 aromatic rings. The summed E-state index contributed by atoms with van der Waals surface area (Å²) in [6.07, 6.45) is 4.32. The lowest BCUT2D eigenvalue weighted by molar-refractivity contribution is 0.203. The zero-order valence-electron chi connectivity index (χ0n) is 12.2. The highest BCUT2D eigenvalue weighted by molar-refractivity contribution is 7.16. The number of thiophene rings is 1. The summed E-state index contributed by atoms with van der Waals surface area (Å²) in [5.74, 6) is 1.66. The quantitative estimate of drug-likeness (QED) is 0.900. The van der Waals surface area contributed by atoms with Gasteiger partial charge in [-0.1, -0.05) is 11.6 Å². The van der Waals surface area contributed by atoms with Crippen molar-refractivity contribution in [2.24, 2.45) is 5.92 Å². The molecule has 3 rings (SSSR count). The van der Waals surface area contributed by atoms with E-state index in [1.54, 1.807) is 17.6 Å². The minimum Gasteiger partial charge on any atom is -0.467 e. The summed E-state index contributed by atoms with van der Waals surface area (Å²) < 4.78 is 6.43. The summed E-state index contributed by atoms with van der Waals surface area (Å²) in [5.41, 5.74) is 0. The van der Waals surface area contributed by atoms with E-state index in [2.05, 4.69) is 23.3 Å². The third-order valence-corrected chi connectivity index (χ3v) is 5.33. The van der Waals surface area contributed by atoms with Gasteiger partial charge < -0.3 is 14.6 Å². The minimum atomic E-state index is 0.102. The number of nitrogens with one attached hydrogen (secondary N) is 1. The third-order valence-electron chi connectivity index (χ3n) is 4.04. The molecule has 1 fully saturated rings. The van der Waals surface area contributed by atoms with E-state index in [0.717, 1.165) is 16.6 Å². The molecule has 0 amide bonds. The van der Waals surface area contributed by atoms with Crippen LogP contribution in [0, 0.1) is 5.92 Å². The van der Waals surface area contributed by atoms with Gasteiger partial charge in [0.05, 0.1) is 10.6 Å². The second kappa shape index (κ2) is 6.97. The molecule has 1 aliphatic heterocycles. The van der Waals surface area contributed by atoms with Crippen LogP contribution in [0.2, 0.25) is 4.34 Å². The summed E-state index contributed by atoms with van der Waals surface area (Å²) in [4.78, 5) is 3.62. The van der Waals surface area contributed by atoms with Crippen molar-refractivity contribution in [3.63, 3.8) is 0 Å². The highest BCUT2D eigenvalue weighted by Crippen LogP contribution is 2.31. The van der Waals surface area contributed by atoms with E-state index in [9.17, 15) is 0 Å². The minimum absolute atomic E-state index is 0.102. The van der Waals surface area contributed by atoms with E-state index < -0.39 is 0 Å². The van der Waals surface area contributed by atoms with Gasteiger partial charge in [0.1, 0.15) is 11.8 Å². The van der Waals surface area contributed by atoms with Crippen molar-refractivity contribution in [3.8, 4) is 0 Å². The van der Waals surface area contributed by atoms with Crippen LogP contribution >= 0.6 is 22.9 Å². The lowest BCUT2D eigenvalue weighted by Gasteiger charge is -2.30. The van der Waals surface area contributed by atoms with Crippen LogP contribution in [0.3, 0.4) is 0 Å². The van der Waals surface area contributed by atoms with Gasteiger partial charge in [0, 0.05) is 18.0 Å². The van der Waals surface area contributed by atoms with Crippen LogP contribution in [-0.2, 0) is 0 Å². The van der Waals surface area contributed by atoms with Crippen molar-refractivity contribution in [1.82, 2.24) is 10.2 Å². The van der Waals surface area contributed by atoms with Crippen LogP contribution in [0.5, 0.6) is 0 Å². The Kier molecular flexibility index (Phi) is 5.01. The average molecular weight is 325 g/mol. The highest BCUT2D eigenvalue weighted by Gasteiger charge is 2.22. The standard InChI is InChI=1S/C16H21ClN2OS/c1-19-8-2-4-12(11-19)10-18-16(13-5-3-9-20-13)14-6-7-15(17)21-14/h3,5-7,9,12,16,18H,2,4,8,10-11H2,1H3. The van der Waals surface area contributed by atoms with Gasteiger partial charge in [-0.05, 0) is 56.6 Å². The van der Waals surface area contributed by atoms with E-state index in [1.807, 2.05) is 18.2 Å². The second-order valence-electron chi connectivity index (χ2n) is 5.77. The smallest absolute Gasteiger partial charge is 0.126 e. The maximum absolute atomic E-state index is 6.09. The Labute approximate surface area is 134 Å². The second-order valence-corrected chi connectivity index (χ2v) is 7.52. The molecule has 3 nitrogen and oxygen atoms in total. The molecule has 5 heteroatoms. The zero-order valence-corrected chi connectivity index (χ0v) is 13.8. The molecule has 0 saturated carbocycles. The average Bonchev–Trinajstić information content (AvgIpc) is 3.12. The molecule has 0 aliphatic carbocycles. The van der Waals surface area contributed by atoms with Gasteiger partial charge in [-0.25, -0.2) is 0 Å². The van der Waals surface area contributed by atoms with Crippen LogP contribution < -0.4 is 5.32 Å². The highest BCUT2D eigenvalue weighted by atomic mass is 35.5. The van der Waals surface area contributed by atoms with Gasteiger partial charge in [0.25, 0.3) is 0 Å². The molecule has 114 valence electrons. The third kappa shape index (κ3) is 3.89. The monoisotopic (exact) mass is 324 g/mol. The molecule has 2 aromatic heterocycles. The van der Waals surface area contributed by atoms with Crippen LogP contribution in [0.25, 0.3) is 0 Å². The first-order chi connectivity index (χ1) is 10.2. The molecular formula is C16H21ClN2OS. The predicted octanol–water partition coefficient (Wildman–Crippen LogP) is 4.02. The number of hydrogen-bond acceptors (Lipinski definition) is 4. The van der Waals surface area contributed by atoms with Crippen LogP contribution in [0.1, 0.15) is 29.5 Å². The van der Waals surface area contributed by atoms with Gasteiger partial charge in [-0.15, -0.1) is 11.3 Å². The molecule has 0 radical (unpaired) electrons. The van der Waals surface area contributed by atoms with Gasteiger partial charge in [0.2, 0.25) is 0 Å². The Bertz CT molecular complexity index is 554. The molecule has 2 unspecified atom stereocenters. The van der Waals surface area contributed by atoms with Crippen LogP contribution in [0.15, 0.2) is 34.9 Å². The SMILES string of the molecule is CN1CCCC(CNC(c2ccco2)c2ccc(Cl)s2)C1. The topological polar surface area (TPSA) is 28.4 Å². The van der Waals surface area contributed by atoms with E-state index >= 15 is 0 Å². The molecule has 1 N–H and O–H groups in total. The van der Waals surface area contributed by atoms with Gasteiger partial charge in [-0.3, -0.25) is 0 Å². The summed E-state index contributed by atoms with van der Waals surface area (Å²) in [5, 5.41) is 3.67. The number of piperidine rings is 1. The number of rotatable bonds is 5. The van der Waals surface area contributed by atoms with E-state index in [-0.39, 0.29) is 6.04 Å². The summed E-state index contributed by atoms with van der Waals surface area (Å²) in [6, 6.07) is 8.10. The molecular weight excluding hydrogens is 304 g/mol. The molecule has 0 bridgehead atoms. The maximum atomic E-state index is 6.09. The zero-order chi connectivity index (χ0) is 14.7. The van der Waals surface area contributed by atoms with Crippen molar-refractivity contribution in [2.45, 2.75) is 18.9 Å². The molecule has 1 saturated heterocycles. The van der Waals surface area contributed by atoms with E-state index in [1.165, 1.54) is 30.8 Å². The van der Waals surface area contributed by atoms with Gasteiger partial charge >= 0.3 is 0 Å². The number of halogens is 1. The molecule has 21 heavy (non-hydrogen) atoms. The first-order valence-corrected chi connectivity index (χ1v) is 8.62. The number of likely N-dealkylation sites (tertiary alicyclic amines) is 1. The Morgan fingerprint density at radius 3 is 3.05 bits per heavy atom. The Morgan fingerprint density at radius 2 is 2.38 bits per heavy atom. The van der Waals surface area contributed by atoms with Crippen LogP contribution in [0.4, 0.5) is 0 Å². The van der Waals surface area contributed by atoms with E-state index in [0.29, 0.717) is 5.92 Å². The lowest BCUT2D eigenvalue weighted by Crippen LogP contribution is -2.38. The normalized spacial score (nSPS) is 21.5. The van der Waals surface area contributed by atoms with Crippen molar-refractivity contribution in [2.75, 3.05) is 26.7 Å². The molecule has 0 aromatic carbocycles. The van der Waals surface area contributed by atoms with E-state index in [4.69, 9.17) is 16.0 Å². The maximum Gasteiger partial charge on any atom is 0.126 e. The van der Waals surface area contributed by atoms with Crippen molar-refractivity contribution < 1.29 is 4.42 Å². The number of nitrogens with zero attached hydrogens (tertiary/aromatic N) is 1. The Balaban J connectivity index is 1.68. The van der Waals surface area contributed by atoms with Crippen molar-refractivity contribution in [3.05, 3.63) is 45.5 Å². The molecule has 0 spiro atoms. The van der Waals surface area contributed by atoms with Crippen molar-refractivity contribution in [1.29, 1.82) is 0 Å². The fraction of sp³-hybridized carbons (Fsp3) is 0.500. The molecule has 2 atom stereocenters. The van der Waals surface area contributed by atoms with Crippen LogP contribution in [-0.4, -0.2) is 31.6 Å². The first-order valence-electron chi connectivity index (χ1n) is 7.43. The molecule has 1 aliphatic rings. The fourth-order valence-corrected chi connectivity index (χ4v) is 4.15. The van der Waals surface area contributed by atoms with Gasteiger partial charge in [-0.2, -0.15) is 0 Å². The largest absolute Gasteiger partial charge is 0.467 e.